The minimum atomic E-state index is -1.03. The summed E-state index contributed by atoms with van der Waals surface area (Å²) >= 11 is 0. The van der Waals surface area contributed by atoms with Crippen molar-refractivity contribution < 1.29 is 29.0 Å². The molecule has 1 aliphatic rings. The van der Waals surface area contributed by atoms with Crippen LogP contribution in [0.5, 0.6) is 0 Å². The fourth-order valence-electron chi connectivity index (χ4n) is 4.86. The van der Waals surface area contributed by atoms with E-state index in [2.05, 4.69) is 5.32 Å². The van der Waals surface area contributed by atoms with Crippen molar-refractivity contribution in [3.8, 4) is 0 Å². The van der Waals surface area contributed by atoms with Crippen LogP contribution in [-0.4, -0.2) is 51.4 Å². The summed E-state index contributed by atoms with van der Waals surface area (Å²) in [6.45, 7) is 9.33. The summed E-state index contributed by atoms with van der Waals surface area (Å²) in [6.07, 6.45) is 0.0623. The predicted molar refractivity (Wildman–Crippen MR) is 148 cm³/mol. The summed E-state index contributed by atoms with van der Waals surface area (Å²) in [5.74, 6) is -2.58. The van der Waals surface area contributed by atoms with Gasteiger partial charge in [-0.05, 0) is 56.2 Å². The number of nitrogens with zero attached hydrogens (tertiary/aromatic N) is 1. The molecule has 0 unspecified atom stereocenters. The molecule has 0 radical (unpaired) electrons. The number of benzene rings is 2. The summed E-state index contributed by atoms with van der Waals surface area (Å²) in [7, 11) is 0. The highest BCUT2D eigenvalue weighted by Crippen LogP contribution is 2.26. The van der Waals surface area contributed by atoms with E-state index in [-0.39, 0.29) is 37.5 Å². The molecule has 8 heteroatoms. The van der Waals surface area contributed by atoms with Crippen LogP contribution in [0.2, 0.25) is 0 Å². The number of amides is 2. The van der Waals surface area contributed by atoms with E-state index in [4.69, 9.17) is 4.74 Å². The number of nitrogens with one attached hydrogen (secondary N) is 1. The van der Waals surface area contributed by atoms with E-state index in [9.17, 15) is 24.3 Å². The van der Waals surface area contributed by atoms with Gasteiger partial charge in [0.25, 0.3) is 0 Å². The first-order valence-corrected chi connectivity index (χ1v) is 13.5. The molecular weight excluding hydrogens is 496 g/mol. The summed E-state index contributed by atoms with van der Waals surface area (Å²) in [5.41, 5.74) is 1.97. The average Bonchev–Trinajstić information content (AvgIpc) is 2.86. The Kier molecular flexibility index (Phi) is 9.89. The largest absolute Gasteiger partial charge is 0.481 e. The normalized spacial score (nSPS) is 16.7. The van der Waals surface area contributed by atoms with Crippen LogP contribution in [0.15, 0.2) is 54.6 Å². The Bertz CT molecular complexity index is 1170. The van der Waals surface area contributed by atoms with Crippen LogP contribution < -0.4 is 5.32 Å². The second-order valence-corrected chi connectivity index (χ2v) is 11.7. The number of fused-ring (bicyclic) bond motifs is 1. The fourth-order valence-corrected chi connectivity index (χ4v) is 4.86. The van der Waals surface area contributed by atoms with Gasteiger partial charge in [-0.2, -0.15) is 0 Å². The van der Waals surface area contributed by atoms with Gasteiger partial charge in [0.1, 0.15) is 11.6 Å². The van der Waals surface area contributed by atoms with Crippen LogP contribution >= 0.6 is 0 Å². The van der Waals surface area contributed by atoms with Crippen molar-refractivity contribution >= 4 is 23.8 Å². The lowest BCUT2D eigenvalue weighted by Crippen LogP contribution is -2.56. The Morgan fingerprint density at radius 2 is 1.62 bits per heavy atom. The number of carbonyl (C=O) groups excluding carboxylic acids is 3. The molecule has 0 bridgehead atoms. The number of aliphatic carboxylic acids is 1. The van der Waals surface area contributed by atoms with Crippen LogP contribution in [-0.2, 0) is 38.5 Å². The highest BCUT2D eigenvalue weighted by molar-refractivity contribution is 5.94. The molecule has 2 amide bonds. The lowest BCUT2D eigenvalue weighted by molar-refractivity contribution is -0.144. The highest BCUT2D eigenvalue weighted by Gasteiger charge is 2.38. The molecule has 0 aliphatic carbocycles. The monoisotopic (exact) mass is 536 g/mol. The van der Waals surface area contributed by atoms with Gasteiger partial charge in [0.2, 0.25) is 5.91 Å². The maximum Gasteiger partial charge on any atom is 0.411 e. The molecule has 2 N–H and O–H groups in total. The lowest BCUT2D eigenvalue weighted by atomic mass is 9.88. The van der Waals surface area contributed by atoms with E-state index in [0.29, 0.717) is 6.42 Å². The molecule has 39 heavy (non-hydrogen) atoms. The number of carboxylic acid groups (broad SMARTS) is 1. The molecule has 3 atom stereocenters. The van der Waals surface area contributed by atoms with Crippen LogP contribution in [0, 0.1) is 11.8 Å². The molecule has 0 spiro atoms. The minimum Gasteiger partial charge on any atom is -0.481 e. The molecule has 210 valence electrons. The van der Waals surface area contributed by atoms with E-state index < -0.39 is 41.6 Å². The molecule has 0 fully saturated rings. The topological polar surface area (TPSA) is 113 Å². The summed E-state index contributed by atoms with van der Waals surface area (Å²) in [6, 6.07) is 15.1. The molecule has 2 aromatic rings. The number of carbonyl (C=O) groups is 4. The van der Waals surface area contributed by atoms with Crippen LogP contribution in [0.3, 0.4) is 0 Å². The third-order valence-corrected chi connectivity index (χ3v) is 6.72. The van der Waals surface area contributed by atoms with Gasteiger partial charge < -0.3 is 15.2 Å². The van der Waals surface area contributed by atoms with E-state index in [1.54, 1.807) is 20.8 Å². The Hall–Kier alpha value is -3.68. The summed E-state index contributed by atoms with van der Waals surface area (Å²) < 4.78 is 5.61. The minimum absolute atomic E-state index is 0.103. The molecule has 1 aliphatic heterocycles. The molecule has 2 aromatic carbocycles. The molecular formula is C31H40N2O6. The van der Waals surface area contributed by atoms with E-state index >= 15 is 0 Å². The van der Waals surface area contributed by atoms with Gasteiger partial charge in [-0.15, -0.1) is 0 Å². The zero-order valence-corrected chi connectivity index (χ0v) is 23.5. The van der Waals surface area contributed by atoms with Crippen molar-refractivity contribution in [3.63, 3.8) is 0 Å². The Morgan fingerprint density at radius 1 is 1.00 bits per heavy atom. The van der Waals surface area contributed by atoms with Crippen molar-refractivity contribution in [2.75, 3.05) is 0 Å². The van der Waals surface area contributed by atoms with Crippen LogP contribution in [0.4, 0.5) is 4.79 Å². The van der Waals surface area contributed by atoms with Crippen molar-refractivity contribution in [2.45, 2.75) is 84.5 Å². The van der Waals surface area contributed by atoms with Crippen molar-refractivity contribution in [1.29, 1.82) is 0 Å². The zero-order valence-electron chi connectivity index (χ0n) is 23.5. The predicted octanol–water partition coefficient (Wildman–Crippen LogP) is 4.78. The van der Waals surface area contributed by atoms with E-state index in [1.165, 1.54) is 4.90 Å². The van der Waals surface area contributed by atoms with Gasteiger partial charge in [0, 0.05) is 12.8 Å². The fraction of sp³-hybridized carbons (Fsp3) is 0.484. The molecule has 8 nitrogen and oxygen atoms in total. The second-order valence-electron chi connectivity index (χ2n) is 11.7. The molecule has 1 heterocycles. The van der Waals surface area contributed by atoms with Crippen molar-refractivity contribution in [2.24, 2.45) is 11.8 Å². The molecule has 0 saturated carbocycles. The Morgan fingerprint density at radius 3 is 2.21 bits per heavy atom. The maximum absolute atomic E-state index is 13.8. The quantitative estimate of drug-likeness (QED) is 0.452. The van der Waals surface area contributed by atoms with Crippen molar-refractivity contribution in [3.05, 3.63) is 71.3 Å². The second kappa shape index (κ2) is 12.9. The van der Waals surface area contributed by atoms with Gasteiger partial charge in [-0.1, -0.05) is 68.4 Å². The van der Waals surface area contributed by atoms with Crippen molar-refractivity contribution in [1.82, 2.24) is 10.2 Å². The van der Waals surface area contributed by atoms with Gasteiger partial charge in [0.05, 0.1) is 18.5 Å². The SMILES string of the molecule is CC(C)C[C@@H](CC(=O)[C@@H](Cc1ccccc1)NC(=O)[C@H]1Cc2ccccc2CN1C(=O)OC(C)(C)C)C(=O)O. The van der Waals surface area contributed by atoms with E-state index in [0.717, 1.165) is 16.7 Å². The van der Waals surface area contributed by atoms with Gasteiger partial charge in [-0.3, -0.25) is 19.3 Å². The third-order valence-electron chi connectivity index (χ3n) is 6.72. The first-order valence-electron chi connectivity index (χ1n) is 13.5. The van der Waals surface area contributed by atoms with Gasteiger partial charge in [-0.25, -0.2) is 4.79 Å². The number of carboxylic acids is 1. The number of Topliss-reactive ketones (excluding diaryl/α,β-unsaturated/α-hetero) is 1. The first kappa shape index (κ1) is 29.9. The number of ketones is 1. The molecule has 3 rings (SSSR count). The number of hydrogen-bond donors (Lipinski definition) is 2. The smallest absolute Gasteiger partial charge is 0.411 e. The summed E-state index contributed by atoms with van der Waals surface area (Å²) in [5, 5.41) is 12.6. The standard InChI is InChI=1S/C31H40N2O6/c1-20(2)15-24(29(36)37)18-27(34)25(16-21-11-7-6-8-12-21)32-28(35)26-17-22-13-9-10-14-23(22)19-33(26)30(38)39-31(3,4)5/h6-14,20,24-26H,15-19H2,1-5H3,(H,32,35)(H,36,37)/t24-,25+,26+/m0/s1. The van der Waals surface area contributed by atoms with Gasteiger partial charge >= 0.3 is 12.1 Å². The van der Waals surface area contributed by atoms with Gasteiger partial charge in [0.15, 0.2) is 5.78 Å². The highest BCUT2D eigenvalue weighted by atomic mass is 16.6. The zero-order chi connectivity index (χ0) is 28.7. The van der Waals surface area contributed by atoms with Crippen LogP contribution in [0.1, 0.15) is 64.2 Å². The first-order chi connectivity index (χ1) is 18.3. The Labute approximate surface area is 230 Å². The summed E-state index contributed by atoms with van der Waals surface area (Å²) in [4.78, 5) is 53.7. The molecule has 0 saturated heterocycles. The Balaban J connectivity index is 1.88. The number of rotatable bonds is 10. The maximum atomic E-state index is 13.8. The average molecular weight is 537 g/mol. The van der Waals surface area contributed by atoms with E-state index in [1.807, 2.05) is 68.4 Å². The third kappa shape index (κ3) is 8.67. The molecule has 0 aromatic heterocycles. The van der Waals surface area contributed by atoms with Crippen LogP contribution in [0.25, 0.3) is 0 Å². The number of ether oxygens (including phenoxy) is 1. The lowest BCUT2D eigenvalue weighted by Gasteiger charge is -2.37. The number of hydrogen-bond acceptors (Lipinski definition) is 5.